The highest BCUT2D eigenvalue weighted by molar-refractivity contribution is 7.16. The Labute approximate surface area is 126 Å². The third-order valence-corrected chi connectivity index (χ3v) is 3.66. The highest BCUT2D eigenvalue weighted by atomic mass is 32.1. The Morgan fingerprint density at radius 1 is 1.38 bits per heavy atom. The van der Waals surface area contributed by atoms with E-state index >= 15 is 0 Å². The topological polar surface area (TPSA) is 68.3 Å². The predicted molar refractivity (Wildman–Crippen MR) is 82.1 cm³/mol. The van der Waals surface area contributed by atoms with E-state index in [1.807, 2.05) is 30.3 Å². The highest BCUT2D eigenvalue weighted by Gasteiger charge is 2.17. The van der Waals surface area contributed by atoms with Crippen LogP contribution < -0.4 is 5.32 Å². The molecule has 0 saturated heterocycles. The van der Waals surface area contributed by atoms with Gasteiger partial charge in [0.15, 0.2) is 5.13 Å². The lowest BCUT2D eigenvalue weighted by Gasteiger charge is -2.01. The summed E-state index contributed by atoms with van der Waals surface area (Å²) in [6.07, 6.45) is 1.28. The van der Waals surface area contributed by atoms with E-state index in [4.69, 9.17) is 4.74 Å². The van der Waals surface area contributed by atoms with Crippen molar-refractivity contribution in [2.45, 2.75) is 6.42 Å². The molecule has 0 saturated carbocycles. The van der Waals surface area contributed by atoms with Crippen molar-refractivity contribution < 1.29 is 14.3 Å². The first-order valence-corrected chi connectivity index (χ1v) is 7.01. The van der Waals surface area contributed by atoms with E-state index in [-0.39, 0.29) is 18.3 Å². The van der Waals surface area contributed by atoms with Crippen molar-refractivity contribution in [3.8, 4) is 11.3 Å². The fraction of sp³-hybridized carbons (Fsp3) is 0.133. The summed E-state index contributed by atoms with van der Waals surface area (Å²) in [7, 11) is 1.34. The van der Waals surface area contributed by atoms with Gasteiger partial charge < -0.3 is 4.74 Å². The number of aromatic nitrogens is 1. The molecular weight excluding hydrogens is 288 g/mol. The molecule has 0 fully saturated rings. The minimum Gasteiger partial charge on any atom is -0.469 e. The molecule has 0 bridgehead atoms. The van der Waals surface area contributed by atoms with Crippen molar-refractivity contribution >= 4 is 28.3 Å². The zero-order chi connectivity index (χ0) is 15.2. The molecule has 2 rings (SSSR count). The number of nitrogens with zero attached hydrogens (tertiary/aromatic N) is 1. The Morgan fingerprint density at radius 2 is 2.10 bits per heavy atom. The van der Waals surface area contributed by atoms with Crippen LogP contribution in [0.5, 0.6) is 0 Å². The summed E-state index contributed by atoms with van der Waals surface area (Å²) in [6.45, 7) is 3.40. The fourth-order valence-electron chi connectivity index (χ4n) is 1.71. The van der Waals surface area contributed by atoms with E-state index in [1.165, 1.54) is 24.5 Å². The number of rotatable bonds is 5. The van der Waals surface area contributed by atoms with Gasteiger partial charge in [-0.2, -0.15) is 0 Å². The molecule has 0 aliphatic heterocycles. The van der Waals surface area contributed by atoms with Gasteiger partial charge in [0.05, 0.1) is 19.2 Å². The van der Waals surface area contributed by atoms with Crippen molar-refractivity contribution in [3.63, 3.8) is 0 Å². The van der Waals surface area contributed by atoms with Gasteiger partial charge in [-0.3, -0.25) is 14.9 Å². The van der Waals surface area contributed by atoms with Gasteiger partial charge in [-0.25, -0.2) is 4.98 Å². The summed E-state index contributed by atoms with van der Waals surface area (Å²) >= 11 is 1.25. The van der Waals surface area contributed by atoms with Crippen LogP contribution >= 0.6 is 11.3 Å². The molecule has 6 heteroatoms. The molecule has 2 aromatic rings. The monoisotopic (exact) mass is 302 g/mol. The van der Waals surface area contributed by atoms with Crippen molar-refractivity contribution in [3.05, 3.63) is 47.9 Å². The van der Waals surface area contributed by atoms with Gasteiger partial charge in [-0.05, 0) is 6.08 Å². The number of amides is 1. The number of thiazole rings is 1. The van der Waals surface area contributed by atoms with Crippen LogP contribution in [0.15, 0.2) is 43.0 Å². The summed E-state index contributed by atoms with van der Waals surface area (Å²) in [5.74, 6) is -0.689. The first kappa shape index (κ1) is 14.9. The van der Waals surface area contributed by atoms with Crippen LogP contribution in [0.25, 0.3) is 11.3 Å². The Kier molecular flexibility index (Phi) is 4.84. The third-order valence-electron chi connectivity index (χ3n) is 2.69. The van der Waals surface area contributed by atoms with E-state index in [1.54, 1.807) is 0 Å². The number of ether oxygens (including phenoxy) is 1. The van der Waals surface area contributed by atoms with E-state index in [2.05, 4.69) is 16.9 Å². The summed E-state index contributed by atoms with van der Waals surface area (Å²) in [6, 6.07) is 9.47. The van der Waals surface area contributed by atoms with Crippen LogP contribution in [-0.2, 0) is 20.7 Å². The van der Waals surface area contributed by atoms with Gasteiger partial charge in [0.1, 0.15) is 0 Å². The van der Waals surface area contributed by atoms with Gasteiger partial charge >= 0.3 is 5.97 Å². The Balaban J connectivity index is 2.38. The molecule has 1 N–H and O–H groups in total. The average molecular weight is 302 g/mol. The van der Waals surface area contributed by atoms with Crippen molar-refractivity contribution in [2.24, 2.45) is 0 Å². The highest BCUT2D eigenvalue weighted by Crippen LogP contribution is 2.31. The van der Waals surface area contributed by atoms with Crippen molar-refractivity contribution in [2.75, 3.05) is 12.4 Å². The maximum absolute atomic E-state index is 11.5. The molecule has 21 heavy (non-hydrogen) atoms. The largest absolute Gasteiger partial charge is 0.469 e. The fourth-order valence-corrected chi connectivity index (χ4v) is 2.68. The molecule has 0 spiro atoms. The summed E-state index contributed by atoms with van der Waals surface area (Å²) in [5, 5.41) is 3.04. The molecular formula is C15H14N2O3S. The quantitative estimate of drug-likeness (QED) is 0.681. The smallest absolute Gasteiger partial charge is 0.310 e. The van der Waals surface area contributed by atoms with Crippen LogP contribution in [0, 0.1) is 0 Å². The Bertz CT molecular complexity index is 665. The second-order valence-corrected chi connectivity index (χ2v) is 5.19. The van der Waals surface area contributed by atoms with Gasteiger partial charge in [0.25, 0.3) is 0 Å². The molecule has 1 aromatic carbocycles. The number of anilines is 1. The average Bonchev–Trinajstić information content (AvgIpc) is 2.90. The maximum Gasteiger partial charge on any atom is 0.310 e. The normalized spacial score (nSPS) is 9.95. The lowest BCUT2D eigenvalue weighted by molar-refractivity contribution is -0.139. The standard InChI is InChI=1S/C15H14N2O3S/c1-3-12(18)16-15-17-14(10-7-5-4-6-8-10)11(21-15)9-13(19)20-2/h3-8H,1,9H2,2H3,(H,16,17,18). The number of benzene rings is 1. The van der Waals surface area contributed by atoms with Crippen LogP contribution in [0.1, 0.15) is 4.88 Å². The first-order chi connectivity index (χ1) is 10.1. The predicted octanol–water partition coefficient (Wildman–Crippen LogP) is 2.65. The van der Waals surface area contributed by atoms with Crippen LogP contribution in [-0.4, -0.2) is 24.0 Å². The number of hydrogen-bond donors (Lipinski definition) is 1. The lowest BCUT2D eigenvalue weighted by Crippen LogP contribution is -2.06. The molecule has 1 aromatic heterocycles. The van der Waals surface area contributed by atoms with E-state index in [0.717, 1.165) is 10.4 Å². The second-order valence-electron chi connectivity index (χ2n) is 4.10. The molecule has 0 atom stereocenters. The zero-order valence-electron chi connectivity index (χ0n) is 11.5. The maximum atomic E-state index is 11.5. The van der Waals surface area contributed by atoms with Gasteiger partial charge in [0, 0.05) is 10.4 Å². The minimum atomic E-state index is -0.350. The van der Waals surface area contributed by atoms with Crippen molar-refractivity contribution in [1.82, 2.24) is 4.98 Å². The number of esters is 1. The van der Waals surface area contributed by atoms with Gasteiger partial charge in [0.2, 0.25) is 5.91 Å². The molecule has 0 aliphatic rings. The molecule has 1 amide bonds. The number of methoxy groups -OCH3 is 1. The minimum absolute atomic E-state index is 0.113. The number of carbonyl (C=O) groups is 2. The molecule has 5 nitrogen and oxygen atoms in total. The molecule has 108 valence electrons. The molecule has 0 unspecified atom stereocenters. The second kappa shape index (κ2) is 6.81. The van der Waals surface area contributed by atoms with E-state index < -0.39 is 0 Å². The Morgan fingerprint density at radius 3 is 2.71 bits per heavy atom. The van der Waals surface area contributed by atoms with Crippen LogP contribution in [0.3, 0.4) is 0 Å². The summed E-state index contributed by atoms with van der Waals surface area (Å²) in [4.78, 5) is 28.0. The number of carbonyl (C=O) groups excluding carboxylic acids is 2. The van der Waals surface area contributed by atoms with E-state index in [0.29, 0.717) is 10.8 Å². The number of hydrogen-bond acceptors (Lipinski definition) is 5. The summed E-state index contributed by atoms with van der Waals surface area (Å²) < 4.78 is 4.69. The number of nitrogens with one attached hydrogen (secondary N) is 1. The van der Waals surface area contributed by atoms with Crippen LogP contribution in [0.2, 0.25) is 0 Å². The molecule has 0 aliphatic carbocycles. The Hall–Kier alpha value is -2.47. The first-order valence-electron chi connectivity index (χ1n) is 6.19. The van der Waals surface area contributed by atoms with Crippen LogP contribution in [0.4, 0.5) is 5.13 Å². The third kappa shape index (κ3) is 3.76. The van der Waals surface area contributed by atoms with E-state index in [9.17, 15) is 9.59 Å². The van der Waals surface area contributed by atoms with Gasteiger partial charge in [-0.15, -0.1) is 11.3 Å². The van der Waals surface area contributed by atoms with Gasteiger partial charge in [-0.1, -0.05) is 36.9 Å². The lowest BCUT2D eigenvalue weighted by atomic mass is 10.1. The molecule has 1 heterocycles. The molecule has 0 radical (unpaired) electrons. The summed E-state index contributed by atoms with van der Waals surface area (Å²) in [5.41, 5.74) is 1.55. The van der Waals surface area contributed by atoms with Crippen molar-refractivity contribution in [1.29, 1.82) is 0 Å². The SMILES string of the molecule is C=CC(=O)Nc1nc(-c2ccccc2)c(CC(=O)OC)s1. The zero-order valence-corrected chi connectivity index (χ0v) is 12.3.